The molecule has 5 nitrogen and oxygen atoms in total. The van der Waals surface area contributed by atoms with Gasteiger partial charge in [-0.25, -0.2) is 14.3 Å². The van der Waals surface area contributed by atoms with Crippen LogP contribution in [0.3, 0.4) is 0 Å². The summed E-state index contributed by atoms with van der Waals surface area (Å²) >= 11 is 0. The van der Waals surface area contributed by atoms with Crippen molar-refractivity contribution in [1.82, 2.24) is 10.4 Å². The lowest BCUT2D eigenvalue weighted by molar-refractivity contribution is -0.198. The molecular formula is C9H16F2N2O3. The van der Waals surface area contributed by atoms with E-state index in [0.717, 1.165) is 4.90 Å². The first kappa shape index (κ1) is 13.3. The maximum Gasteiger partial charge on any atom is 0.292 e. The number of nitrogens with one attached hydrogen (secondary N) is 1. The molecule has 0 saturated carbocycles. The van der Waals surface area contributed by atoms with Gasteiger partial charge in [0, 0.05) is 13.6 Å². The van der Waals surface area contributed by atoms with Crippen molar-refractivity contribution in [2.24, 2.45) is 0 Å². The topological polar surface area (TPSA) is 61.8 Å². The summed E-state index contributed by atoms with van der Waals surface area (Å²) in [5.41, 5.74) is 2.23. The molecule has 1 aliphatic rings. The van der Waals surface area contributed by atoms with E-state index in [9.17, 15) is 13.6 Å². The van der Waals surface area contributed by atoms with Gasteiger partial charge >= 0.3 is 0 Å². The number of rotatable bonds is 3. The molecule has 16 heavy (non-hydrogen) atoms. The van der Waals surface area contributed by atoms with Gasteiger partial charge in [-0.05, 0) is 13.3 Å². The van der Waals surface area contributed by atoms with Gasteiger partial charge < -0.3 is 10.0 Å². The second-order valence-electron chi connectivity index (χ2n) is 3.80. The van der Waals surface area contributed by atoms with Crippen LogP contribution in [0.15, 0.2) is 0 Å². The van der Waals surface area contributed by atoms with Crippen LogP contribution in [-0.4, -0.2) is 54.2 Å². The SMILES string of the molecule is CNO[C@H]1CCN(C(=O)[C@H](C)O)CC1(F)F. The Labute approximate surface area is 92.3 Å². The van der Waals surface area contributed by atoms with E-state index < -0.39 is 30.6 Å². The van der Waals surface area contributed by atoms with Crippen molar-refractivity contribution in [3.05, 3.63) is 0 Å². The number of alkyl halides is 2. The Morgan fingerprint density at radius 3 is 2.75 bits per heavy atom. The van der Waals surface area contributed by atoms with Gasteiger partial charge in [-0.3, -0.25) is 9.63 Å². The highest BCUT2D eigenvalue weighted by molar-refractivity contribution is 5.80. The second kappa shape index (κ2) is 5.03. The number of likely N-dealkylation sites (tertiary alicyclic amines) is 1. The lowest BCUT2D eigenvalue weighted by Crippen LogP contribution is -2.56. The summed E-state index contributed by atoms with van der Waals surface area (Å²) in [5.74, 6) is -3.78. The molecule has 0 unspecified atom stereocenters. The molecule has 2 atom stereocenters. The Balaban J connectivity index is 2.63. The van der Waals surface area contributed by atoms with Crippen LogP contribution in [-0.2, 0) is 9.63 Å². The van der Waals surface area contributed by atoms with Gasteiger partial charge in [0.15, 0.2) is 0 Å². The zero-order valence-corrected chi connectivity index (χ0v) is 9.24. The minimum absolute atomic E-state index is 0.0340. The molecule has 1 fully saturated rings. The third kappa shape index (κ3) is 2.87. The quantitative estimate of drug-likeness (QED) is 0.666. The fourth-order valence-electron chi connectivity index (χ4n) is 1.66. The molecule has 0 aromatic heterocycles. The normalized spacial score (nSPS) is 26.6. The van der Waals surface area contributed by atoms with Crippen LogP contribution in [0.5, 0.6) is 0 Å². The van der Waals surface area contributed by atoms with E-state index in [4.69, 9.17) is 5.11 Å². The average Bonchev–Trinajstić information content (AvgIpc) is 2.19. The number of aliphatic hydroxyl groups is 1. The molecule has 7 heteroatoms. The van der Waals surface area contributed by atoms with Crippen molar-refractivity contribution >= 4 is 5.91 Å². The number of carbonyl (C=O) groups excluding carboxylic acids is 1. The van der Waals surface area contributed by atoms with Gasteiger partial charge in [0.25, 0.3) is 11.8 Å². The van der Waals surface area contributed by atoms with Crippen molar-refractivity contribution in [2.75, 3.05) is 20.1 Å². The number of halogens is 2. The van der Waals surface area contributed by atoms with E-state index in [-0.39, 0.29) is 13.0 Å². The Bertz CT molecular complexity index is 261. The van der Waals surface area contributed by atoms with Gasteiger partial charge in [-0.1, -0.05) is 0 Å². The third-order valence-electron chi connectivity index (χ3n) is 2.46. The number of nitrogens with zero attached hydrogens (tertiary/aromatic N) is 1. The summed E-state index contributed by atoms with van der Waals surface area (Å²) in [6.45, 7) is 0.700. The monoisotopic (exact) mass is 238 g/mol. The Morgan fingerprint density at radius 2 is 2.31 bits per heavy atom. The van der Waals surface area contributed by atoms with Crippen LogP contribution >= 0.6 is 0 Å². The van der Waals surface area contributed by atoms with Gasteiger partial charge in [0.05, 0.1) is 6.54 Å². The number of amides is 1. The van der Waals surface area contributed by atoms with E-state index >= 15 is 0 Å². The summed E-state index contributed by atoms with van der Waals surface area (Å²) in [4.78, 5) is 17.0. The van der Waals surface area contributed by atoms with Gasteiger partial charge in [0.2, 0.25) is 0 Å². The highest BCUT2D eigenvalue weighted by atomic mass is 19.3. The number of piperidine rings is 1. The van der Waals surface area contributed by atoms with Crippen molar-refractivity contribution in [3.8, 4) is 0 Å². The maximum absolute atomic E-state index is 13.5. The second-order valence-corrected chi connectivity index (χ2v) is 3.80. The molecule has 0 aliphatic carbocycles. The van der Waals surface area contributed by atoms with Crippen LogP contribution < -0.4 is 5.48 Å². The molecule has 0 aromatic rings. The first-order chi connectivity index (χ1) is 7.38. The molecular weight excluding hydrogens is 222 g/mol. The highest BCUT2D eigenvalue weighted by Crippen LogP contribution is 2.29. The summed E-state index contributed by atoms with van der Waals surface area (Å²) in [7, 11) is 1.41. The molecule has 0 aromatic carbocycles. The predicted molar refractivity (Wildman–Crippen MR) is 51.8 cm³/mol. The number of hydroxylamine groups is 1. The molecule has 0 radical (unpaired) electrons. The average molecular weight is 238 g/mol. The zero-order chi connectivity index (χ0) is 12.3. The fourth-order valence-corrected chi connectivity index (χ4v) is 1.66. The highest BCUT2D eigenvalue weighted by Gasteiger charge is 2.47. The number of carbonyl (C=O) groups is 1. The lowest BCUT2D eigenvalue weighted by Gasteiger charge is -2.37. The standard InChI is InChI=1S/C9H16F2N2O3/c1-6(14)8(15)13-4-3-7(16-12-2)9(10,11)5-13/h6-7,12,14H,3-5H2,1-2H3/t6-,7-/m0/s1. The smallest absolute Gasteiger partial charge is 0.292 e. The number of hydrogen-bond donors (Lipinski definition) is 2. The molecule has 0 bridgehead atoms. The molecule has 1 heterocycles. The predicted octanol–water partition coefficient (Wildman–Crippen LogP) is -0.246. The van der Waals surface area contributed by atoms with E-state index in [1.807, 2.05) is 0 Å². The summed E-state index contributed by atoms with van der Waals surface area (Å²) in [5, 5.41) is 9.03. The minimum Gasteiger partial charge on any atom is -0.384 e. The molecule has 1 aliphatic heterocycles. The van der Waals surface area contributed by atoms with E-state index in [2.05, 4.69) is 10.3 Å². The van der Waals surface area contributed by atoms with Crippen LogP contribution in [0.1, 0.15) is 13.3 Å². The molecule has 0 spiro atoms. The van der Waals surface area contributed by atoms with Gasteiger partial charge in [-0.15, -0.1) is 0 Å². The molecule has 94 valence electrons. The van der Waals surface area contributed by atoms with Crippen molar-refractivity contribution in [1.29, 1.82) is 0 Å². The van der Waals surface area contributed by atoms with Crippen LogP contribution in [0.2, 0.25) is 0 Å². The summed E-state index contributed by atoms with van der Waals surface area (Å²) in [6.07, 6.45) is -2.46. The molecule has 2 N–H and O–H groups in total. The van der Waals surface area contributed by atoms with E-state index in [1.54, 1.807) is 0 Å². The first-order valence-corrected chi connectivity index (χ1v) is 5.05. The molecule has 1 rings (SSSR count). The maximum atomic E-state index is 13.5. The largest absolute Gasteiger partial charge is 0.384 e. The van der Waals surface area contributed by atoms with Gasteiger partial charge in [-0.2, -0.15) is 0 Å². The molecule has 1 saturated heterocycles. The lowest BCUT2D eigenvalue weighted by atomic mass is 10.0. The number of hydrogen-bond acceptors (Lipinski definition) is 4. The third-order valence-corrected chi connectivity index (χ3v) is 2.46. The van der Waals surface area contributed by atoms with Crippen molar-refractivity contribution in [2.45, 2.75) is 31.5 Å². The summed E-state index contributed by atoms with van der Waals surface area (Å²) in [6, 6.07) is 0. The zero-order valence-electron chi connectivity index (χ0n) is 9.24. The van der Waals surface area contributed by atoms with Crippen LogP contribution in [0.4, 0.5) is 8.78 Å². The fraction of sp³-hybridized carbons (Fsp3) is 0.889. The Morgan fingerprint density at radius 1 is 1.69 bits per heavy atom. The molecule has 1 amide bonds. The Kier molecular flexibility index (Phi) is 4.17. The van der Waals surface area contributed by atoms with E-state index in [1.165, 1.54) is 14.0 Å². The number of aliphatic hydroxyl groups excluding tert-OH is 1. The summed E-state index contributed by atoms with van der Waals surface area (Å²) < 4.78 is 27.0. The van der Waals surface area contributed by atoms with Crippen LogP contribution in [0.25, 0.3) is 0 Å². The van der Waals surface area contributed by atoms with Gasteiger partial charge in [0.1, 0.15) is 12.2 Å². The Hall–Kier alpha value is -0.790. The minimum atomic E-state index is -3.11. The van der Waals surface area contributed by atoms with Crippen molar-refractivity contribution in [3.63, 3.8) is 0 Å². The van der Waals surface area contributed by atoms with Crippen molar-refractivity contribution < 1.29 is 23.5 Å². The first-order valence-electron chi connectivity index (χ1n) is 5.05. The van der Waals surface area contributed by atoms with Crippen LogP contribution in [0, 0.1) is 0 Å². The van der Waals surface area contributed by atoms with E-state index in [0.29, 0.717) is 0 Å².